The van der Waals surface area contributed by atoms with Crippen LogP contribution in [0.3, 0.4) is 0 Å². The maximum atomic E-state index is 6.19. The largest absolute Gasteiger partial charge is 0.378 e. The van der Waals surface area contributed by atoms with E-state index in [1.54, 1.807) is 0 Å². The SMILES string of the molecule is NC(CCC1CCCCO1)c1ccc(Br)cc1. The van der Waals surface area contributed by atoms with E-state index in [0.29, 0.717) is 6.10 Å². The highest BCUT2D eigenvalue weighted by atomic mass is 79.9. The summed E-state index contributed by atoms with van der Waals surface area (Å²) in [6, 6.07) is 8.42. The van der Waals surface area contributed by atoms with Crippen LogP contribution in [0.15, 0.2) is 28.7 Å². The third-order valence-corrected chi connectivity index (χ3v) is 3.90. The van der Waals surface area contributed by atoms with E-state index < -0.39 is 0 Å². The summed E-state index contributed by atoms with van der Waals surface area (Å²) in [5.74, 6) is 0. The zero-order valence-electron chi connectivity index (χ0n) is 10.1. The summed E-state index contributed by atoms with van der Waals surface area (Å²) in [5, 5.41) is 0. The standard InChI is InChI=1S/C14H20BrNO/c15-12-6-4-11(5-7-12)14(16)9-8-13-3-1-2-10-17-13/h4-7,13-14H,1-3,8-10,16H2. The molecule has 0 amide bonds. The molecular weight excluding hydrogens is 278 g/mol. The first-order valence-electron chi connectivity index (χ1n) is 6.38. The highest BCUT2D eigenvalue weighted by Gasteiger charge is 2.15. The van der Waals surface area contributed by atoms with E-state index in [4.69, 9.17) is 10.5 Å². The molecule has 17 heavy (non-hydrogen) atoms. The summed E-state index contributed by atoms with van der Waals surface area (Å²) in [5.41, 5.74) is 7.40. The highest BCUT2D eigenvalue weighted by molar-refractivity contribution is 9.10. The molecule has 0 radical (unpaired) electrons. The average molecular weight is 298 g/mol. The summed E-state index contributed by atoms with van der Waals surface area (Å²) in [6.07, 6.45) is 6.24. The Bertz CT molecular complexity index is 333. The lowest BCUT2D eigenvalue weighted by atomic mass is 9.98. The Balaban J connectivity index is 1.80. The van der Waals surface area contributed by atoms with Crippen LogP contribution in [-0.2, 0) is 4.74 Å². The zero-order chi connectivity index (χ0) is 12.1. The molecule has 94 valence electrons. The lowest BCUT2D eigenvalue weighted by molar-refractivity contribution is 0.00912. The summed E-state index contributed by atoms with van der Waals surface area (Å²) >= 11 is 3.44. The van der Waals surface area contributed by atoms with Gasteiger partial charge in [0.2, 0.25) is 0 Å². The third-order valence-electron chi connectivity index (χ3n) is 3.37. The van der Waals surface area contributed by atoms with Crippen LogP contribution in [0.2, 0.25) is 0 Å². The van der Waals surface area contributed by atoms with Gasteiger partial charge in [-0.1, -0.05) is 28.1 Å². The van der Waals surface area contributed by atoms with Crippen LogP contribution >= 0.6 is 15.9 Å². The Labute approximate surface area is 112 Å². The van der Waals surface area contributed by atoms with Gasteiger partial charge in [0.25, 0.3) is 0 Å². The second-order valence-corrected chi connectivity index (χ2v) is 5.64. The molecule has 1 heterocycles. The van der Waals surface area contributed by atoms with Gasteiger partial charge in [0, 0.05) is 17.1 Å². The summed E-state index contributed by atoms with van der Waals surface area (Å²) < 4.78 is 6.82. The van der Waals surface area contributed by atoms with Crippen LogP contribution in [0, 0.1) is 0 Å². The molecule has 1 fully saturated rings. The number of rotatable bonds is 4. The van der Waals surface area contributed by atoms with E-state index in [2.05, 4.69) is 28.1 Å². The number of halogens is 1. The Morgan fingerprint density at radius 3 is 2.71 bits per heavy atom. The van der Waals surface area contributed by atoms with Crippen molar-refractivity contribution in [3.8, 4) is 0 Å². The molecular formula is C14H20BrNO. The van der Waals surface area contributed by atoms with Crippen molar-refractivity contribution in [1.29, 1.82) is 0 Å². The summed E-state index contributed by atoms with van der Waals surface area (Å²) in [6.45, 7) is 0.929. The van der Waals surface area contributed by atoms with Crippen molar-refractivity contribution < 1.29 is 4.74 Å². The van der Waals surface area contributed by atoms with Crippen LogP contribution in [0.5, 0.6) is 0 Å². The molecule has 2 rings (SSSR count). The van der Waals surface area contributed by atoms with E-state index in [1.165, 1.54) is 24.8 Å². The topological polar surface area (TPSA) is 35.2 Å². The fraction of sp³-hybridized carbons (Fsp3) is 0.571. The van der Waals surface area contributed by atoms with E-state index in [0.717, 1.165) is 23.9 Å². The molecule has 0 aromatic heterocycles. The fourth-order valence-electron chi connectivity index (χ4n) is 2.28. The Morgan fingerprint density at radius 2 is 2.06 bits per heavy atom. The summed E-state index contributed by atoms with van der Waals surface area (Å²) in [7, 11) is 0. The molecule has 2 N–H and O–H groups in total. The third kappa shape index (κ3) is 4.09. The predicted octanol–water partition coefficient (Wildman–Crippen LogP) is 3.80. The van der Waals surface area contributed by atoms with E-state index in [9.17, 15) is 0 Å². The van der Waals surface area contributed by atoms with E-state index in [1.807, 2.05) is 12.1 Å². The quantitative estimate of drug-likeness (QED) is 0.917. The molecule has 3 heteroatoms. The van der Waals surface area contributed by atoms with Crippen molar-refractivity contribution in [2.45, 2.75) is 44.2 Å². The van der Waals surface area contributed by atoms with Gasteiger partial charge in [-0.15, -0.1) is 0 Å². The first-order chi connectivity index (χ1) is 8.25. The van der Waals surface area contributed by atoms with Crippen LogP contribution in [-0.4, -0.2) is 12.7 Å². The van der Waals surface area contributed by atoms with E-state index >= 15 is 0 Å². The molecule has 1 aliphatic heterocycles. The normalized spacial score (nSPS) is 22.4. The maximum absolute atomic E-state index is 6.19. The first-order valence-corrected chi connectivity index (χ1v) is 7.17. The van der Waals surface area contributed by atoms with Crippen molar-refractivity contribution in [3.05, 3.63) is 34.3 Å². The predicted molar refractivity (Wildman–Crippen MR) is 73.9 cm³/mol. The number of hydrogen-bond acceptors (Lipinski definition) is 2. The van der Waals surface area contributed by atoms with Gasteiger partial charge in [0.1, 0.15) is 0 Å². The van der Waals surface area contributed by atoms with Crippen molar-refractivity contribution in [2.24, 2.45) is 5.73 Å². The zero-order valence-corrected chi connectivity index (χ0v) is 11.7. The van der Waals surface area contributed by atoms with Crippen LogP contribution in [0.4, 0.5) is 0 Å². The van der Waals surface area contributed by atoms with Gasteiger partial charge < -0.3 is 10.5 Å². The van der Waals surface area contributed by atoms with Crippen molar-refractivity contribution >= 4 is 15.9 Å². The number of ether oxygens (including phenoxy) is 1. The highest BCUT2D eigenvalue weighted by Crippen LogP contribution is 2.23. The lowest BCUT2D eigenvalue weighted by Gasteiger charge is -2.23. The molecule has 1 saturated heterocycles. The van der Waals surface area contributed by atoms with Crippen molar-refractivity contribution in [3.63, 3.8) is 0 Å². The smallest absolute Gasteiger partial charge is 0.0575 e. The van der Waals surface area contributed by atoms with Gasteiger partial charge in [-0.05, 0) is 49.8 Å². The van der Waals surface area contributed by atoms with Crippen molar-refractivity contribution in [1.82, 2.24) is 0 Å². The average Bonchev–Trinajstić information content (AvgIpc) is 2.38. The monoisotopic (exact) mass is 297 g/mol. The fourth-order valence-corrected chi connectivity index (χ4v) is 2.54. The van der Waals surface area contributed by atoms with Gasteiger partial charge in [-0.2, -0.15) is 0 Å². The molecule has 1 aromatic rings. The van der Waals surface area contributed by atoms with Crippen LogP contribution < -0.4 is 5.73 Å². The Hall–Kier alpha value is -0.380. The first kappa shape index (κ1) is 13.1. The maximum Gasteiger partial charge on any atom is 0.0575 e. The van der Waals surface area contributed by atoms with Gasteiger partial charge >= 0.3 is 0 Å². The molecule has 2 atom stereocenters. The Kier molecular flexibility index (Phi) is 5.01. The number of nitrogens with two attached hydrogens (primary N) is 1. The molecule has 0 bridgehead atoms. The molecule has 0 spiro atoms. The number of hydrogen-bond donors (Lipinski definition) is 1. The molecule has 0 aliphatic carbocycles. The van der Waals surface area contributed by atoms with Crippen LogP contribution in [0.25, 0.3) is 0 Å². The minimum Gasteiger partial charge on any atom is -0.378 e. The molecule has 0 saturated carbocycles. The van der Waals surface area contributed by atoms with Crippen molar-refractivity contribution in [2.75, 3.05) is 6.61 Å². The second kappa shape index (κ2) is 6.53. The Morgan fingerprint density at radius 1 is 1.29 bits per heavy atom. The van der Waals surface area contributed by atoms with Gasteiger partial charge in [-0.3, -0.25) is 0 Å². The molecule has 1 aliphatic rings. The second-order valence-electron chi connectivity index (χ2n) is 4.72. The van der Waals surface area contributed by atoms with Gasteiger partial charge in [0.15, 0.2) is 0 Å². The molecule has 2 unspecified atom stereocenters. The number of benzene rings is 1. The molecule has 2 nitrogen and oxygen atoms in total. The molecule has 1 aromatic carbocycles. The lowest BCUT2D eigenvalue weighted by Crippen LogP contribution is -2.21. The van der Waals surface area contributed by atoms with Gasteiger partial charge in [-0.25, -0.2) is 0 Å². The van der Waals surface area contributed by atoms with Gasteiger partial charge in [0.05, 0.1) is 6.10 Å². The minimum atomic E-state index is 0.133. The summed E-state index contributed by atoms with van der Waals surface area (Å²) in [4.78, 5) is 0. The minimum absolute atomic E-state index is 0.133. The van der Waals surface area contributed by atoms with Crippen LogP contribution in [0.1, 0.15) is 43.7 Å². The van der Waals surface area contributed by atoms with E-state index in [-0.39, 0.29) is 6.04 Å².